The second kappa shape index (κ2) is 11.2. The van der Waals surface area contributed by atoms with Crippen molar-refractivity contribution < 1.29 is 23.5 Å². The quantitative estimate of drug-likeness (QED) is 0.382. The minimum Gasteiger partial charge on any atom is -0.453 e. The van der Waals surface area contributed by atoms with E-state index in [1.807, 2.05) is 18.2 Å². The van der Waals surface area contributed by atoms with E-state index in [1.54, 1.807) is 12.1 Å². The van der Waals surface area contributed by atoms with E-state index in [2.05, 4.69) is 41.5 Å². The van der Waals surface area contributed by atoms with Crippen molar-refractivity contribution in [3.8, 4) is 0 Å². The Bertz CT molecular complexity index is 1040. The largest absolute Gasteiger partial charge is 0.453 e. The number of nitrogens with one attached hydrogen (secondary N) is 1. The number of piperidine rings is 2. The predicted octanol–water partition coefficient (Wildman–Crippen LogP) is 3.85. The van der Waals surface area contributed by atoms with Crippen LogP contribution in [0.15, 0.2) is 48.5 Å². The molecular weight excluding hydrogens is 487 g/mol. The summed E-state index contributed by atoms with van der Waals surface area (Å²) in [5.41, 5.74) is 1.30. The molecule has 188 valence electrons. The third-order valence-electron chi connectivity index (χ3n) is 6.97. The topological polar surface area (TPSA) is 67.9 Å². The number of carbonyl (C=O) groups is 2. The molecule has 2 aromatic rings. The van der Waals surface area contributed by atoms with Crippen molar-refractivity contribution in [3.63, 3.8) is 0 Å². The molecule has 2 fully saturated rings. The predicted molar refractivity (Wildman–Crippen MR) is 140 cm³/mol. The van der Waals surface area contributed by atoms with E-state index < -0.39 is 17.2 Å². The van der Waals surface area contributed by atoms with Gasteiger partial charge in [-0.2, -0.15) is 25.3 Å². The number of benzene rings is 2. The summed E-state index contributed by atoms with van der Waals surface area (Å²) in [5.74, 6) is -1.03. The van der Waals surface area contributed by atoms with Gasteiger partial charge in [0, 0.05) is 44.5 Å². The van der Waals surface area contributed by atoms with Crippen molar-refractivity contribution in [2.45, 2.75) is 36.9 Å². The Balaban J connectivity index is 1.56. The van der Waals surface area contributed by atoms with Crippen LogP contribution in [0, 0.1) is 5.82 Å². The Morgan fingerprint density at radius 1 is 0.857 bits per heavy atom. The number of hydrogen-bond acceptors (Lipinski definition) is 8. The van der Waals surface area contributed by atoms with Gasteiger partial charge in [0.15, 0.2) is 0 Å². The fourth-order valence-electron chi connectivity index (χ4n) is 5.10. The van der Waals surface area contributed by atoms with Crippen LogP contribution in [0.4, 0.5) is 10.1 Å². The van der Waals surface area contributed by atoms with Crippen LogP contribution in [0.25, 0.3) is 0 Å². The average molecular weight is 519 g/mol. The molecule has 0 atom stereocenters. The molecule has 2 aliphatic heterocycles. The van der Waals surface area contributed by atoms with Gasteiger partial charge in [-0.15, -0.1) is 0 Å². The van der Waals surface area contributed by atoms with Crippen molar-refractivity contribution in [2.75, 3.05) is 42.6 Å². The normalized spacial score (nSPS) is 19.1. The number of carbonyl (C=O) groups excluding carboxylic acids is 2. The molecule has 6 nitrogen and oxygen atoms in total. The van der Waals surface area contributed by atoms with Crippen LogP contribution in [0.1, 0.15) is 36.8 Å². The molecular formula is C26H31FN2O4S2. The van der Waals surface area contributed by atoms with E-state index >= 15 is 0 Å². The molecule has 1 N–H and O–H groups in total. The molecule has 0 aromatic heterocycles. The van der Waals surface area contributed by atoms with Gasteiger partial charge in [-0.25, -0.2) is 4.39 Å². The maximum Gasteiger partial charge on any atom is 0.316 e. The zero-order valence-electron chi connectivity index (χ0n) is 19.5. The zero-order valence-corrected chi connectivity index (χ0v) is 21.3. The highest BCUT2D eigenvalue weighted by Gasteiger charge is 2.41. The molecule has 2 aliphatic rings. The van der Waals surface area contributed by atoms with Crippen molar-refractivity contribution >= 4 is 42.9 Å². The van der Waals surface area contributed by atoms with E-state index in [9.17, 15) is 14.0 Å². The minimum absolute atomic E-state index is 0.0172. The summed E-state index contributed by atoms with van der Waals surface area (Å²) >= 11 is 8.16. The van der Waals surface area contributed by atoms with E-state index in [-0.39, 0.29) is 23.3 Å². The number of nitrogens with zero attached hydrogens (tertiary/aromatic N) is 1. The summed E-state index contributed by atoms with van der Waals surface area (Å²) in [5, 5.41) is 3.34. The number of thiol groups is 2. The van der Waals surface area contributed by atoms with Gasteiger partial charge >= 0.3 is 11.9 Å². The molecule has 2 aromatic carbocycles. The number of esters is 2. The molecule has 0 spiro atoms. The summed E-state index contributed by atoms with van der Waals surface area (Å²) in [6.45, 7) is 2.83. The summed E-state index contributed by atoms with van der Waals surface area (Å²) in [7, 11) is 0. The van der Waals surface area contributed by atoms with Gasteiger partial charge < -0.3 is 19.7 Å². The molecule has 0 saturated carbocycles. The van der Waals surface area contributed by atoms with Gasteiger partial charge in [0.25, 0.3) is 0 Å². The molecule has 0 radical (unpaired) electrons. The number of rotatable bonds is 7. The van der Waals surface area contributed by atoms with Gasteiger partial charge in [-0.3, -0.25) is 9.59 Å². The standard InChI is InChI=1S/C26H31FN2O4S2/c27-21-6-4-19(5-7-21)26(33-24(31)18-35)10-14-29(15-11-26)22-3-1-2-20(16-22)25(32-23(30)17-34)8-12-28-13-9-25/h1-7,16,28,34-35H,8-15,17-18H2. The van der Waals surface area contributed by atoms with Gasteiger partial charge in [-0.05, 0) is 48.5 Å². The third-order valence-corrected chi connectivity index (χ3v) is 7.48. The van der Waals surface area contributed by atoms with Crippen LogP contribution in [-0.4, -0.2) is 49.6 Å². The molecule has 2 saturated heterocycles. The lowest BCUT2D eigenvalue weighted by atomic mass is 9.83. The Hall–Kier alpha value is -2.23. The van der Waals surface area contributed by atoms with Crippen LogP contribution in [0.3, 0.4) is 0 Å². The van der Waals surface area contributed by atoms with Gasteiger partial charge in [0.2, 0.25) is 0 Å². The van der Waals surface area contributed by atoms with Crippen molar-refractivity contribution in [3.05, 3.63) is 65.5 Å². The smallest absolute Gasteiger partial charge is 0.316 e. The molecule has 35 heavy (non-hydrogen) atoms. The first-order valence-corrected chi connectivity index (χ1v) is 13.1. The molecule has 2 heterocycles. The fourth-order valence-corrected chi connectivity index (χ4v) is 5.23. The zero-order chi connectivity index (χ0) is 24.9. The lowest BCUT2D eigenvalue weighted by Gasteiger charge is -2.43. The Morgan fingerprint density at radius 3 is 2.00 bits per heavy atom. The Kier molecular flexibility index (Phi) is 8.29. The molecule has 4 rings (SSSR count). The lowest BCUT2D eigenvalue weighted by Crippen LogP contribution is -2.46. The SMILES string of the molecule is O=C(CS)OC1(c2cccc(N3CCC(OC(=O)CS)(c4ccc(F)cc4)CC3)c2)CCNCC1. The molecule has 9 heteroatoms. The van der Waals surface area contributed by atoms with Crippen LogP contribution < -0.4 is 10.2 Å². The van der Waals surface area contributed by atoms with Gasteiger partial charge in [0.1, 0.15) is 17.0 Å². The second-order valence-electron chi connectivity index (χ2n) is 9.05. The molecule has 0 aliphatic carbocycles. The third kappa shape index (κ3) is 5.78. The van der Waals surface area contributed by atoms with E-state index in [0.717, 1.165) is 29.9 Å². The maximum absolute atomic E-state index is 13.5. The van der Waals surface area contributed by atoms with Crippen LogP contribution in [0.2, 0.25) is 0 Å². The summed E-state index contributed by atoms with van der Waals surface area (Å²) in [4.78, 5) is 26.6. The van der Waals surface area contributed by atoms with E-state index in [1.165, 1.54) is 12.1 Å². The molecule has 0 amide bonds. The van der Waals surface area contributed by atoms with Gasteiger partial charge in [-0.1, -0.05) is 24.3 Å². The average Bonchev–Trinajstić information content (AvgIpc) is 2.90. The van der Waals surface area contributed by atoms with Crippen molar-refractivity contribution in [1.82, 2.24) is 5.32 Å². The maximum atomic E-state index is 13.5. The highest BCUT2D eigenvalue weighted by molar-refractivity contribution is 7.81. The Morgan fingerprint density at radius 2 is 1.43 bits per heavy atom. The van der Waals surface area contributed by atoms with E-state index in [0.29, 0.717) is 38.8 Å². The van der Waals surface area contributed by atoms with Gasteiger partial charge in [0.05, 0.1) is 11.5 Å². The first-order chi connectivity index (χ1) is 16.9. The highest BCUT2D eigenvalue weighted by Crippen LogP contribution is 2.40. The summed E-state index contributed by atoms with van der Waals surface area (Å²) in [6, 6.07) is 14.3. The summed E-state index contributed by atoms with van der Waals surface area (Å²) < 4.78 is 25.4. The first kappa shape index (κ1) is 25.9. The fraction of sp³-hybridized carbons (Fsp3) is 0.462. The van der Waals surface area contributed by atoms with Crippen LogP contribution in [0.5, 0.6) is 0 Å². The summed E-state index contributed by atoms with van der Waals surface area (Å²) in [6.07, 6.45) is 2.52. The van der Waals surface area contributed by atoms with Crippen LogP contribution in [-0.2, 0) is 30.3 Å². The Labute approximate surface area is 216 Å². The first-order valence-electron chi connectivity index (χ1n) is 11.9. The van der Waals surface area contributed by atoms with Crippen molar-refractivity contribution in [1.29, 1.82) is 0 Å². The van der Waals surface area contributed by atoms with Crippen molar-refractivity contribution in [2.24, 2.45) is 0 Å². The number of hydrogen-bond donors (Lipinski definition) is 3. The number of halogens is 1. The minimum atomic E-state index is -0.819. The van der Waals surface area contributed by atoms with Crippen LogP contribution >= 0.6 is 25.3 Å². The number of ether oxygens (including phenoxy) is 2. The molecule has 0 unspecified atom stereocenters. The number of anilines is 1. The lowest BCUT2D eigenvalue weighted by molar-refractivity contribution is -0.161. The second-order valence-corrected chi connectivity index (χ2v) is 9.68. The highest BCUT2D eigenvalue weighted by atomic mass is 32.1. The molecule has 0 bridgehead atoms. The monoisotopic (exact) mass is 518 g/mol. The van der Waals surface area contributed by atoms with E-state index in [4.69, 9.17) is 9.47 Å².